The lowest BCUT2D eigenvalue weighted by Gasteiger charge is -2.38. The van der Waals surface area contributed by atoms with Crippen LogP contribution in [0.4, 0.5) is 0 Å². The molecule has 0 spiro atoms. The van der Waals surface area contributed by atoms with Crippen LogP contribution in [-0.4, -0.2) is 38.0 Å². The predicted molar refractivity (Wildman–Crippen MR) is 128 cm³/mol. The van der Waals surface area contributed by atoms with Crippen LogP contribution in [-0.2, 0) is 23.9 Å². The number of carbonyl (C=O) groups is 3. The minimum Gasteiger partial charge on any atom is -0.493 e. The van der Waals surface area contributed by atoms with Crippen molar-refractivity contribution in [1.29, 1.82) is 0 Å². The molecule has 1 N–H and O–H groups in total. The van der Waals surface area contributed by atoms with Gasteiger partial charge in [-0.25, -0.2) is 4.79 Å². The molecule has 3 atom stereocenters. The molecule has 7 nitrogen and oxygen atoms in total. The molecule has 0 saturated carbocycles. The first-order valence-electron chi connectivity index (χ1n) is 12.1. The molecule has 2 aliphatic rings. The highest BCUT2D eigenvalue weighted by atomic mass is 16.5. The number of nitrogens with one attached hydrogen (secondary N) is 1. The van der Waals surface area contributed by atoms with E-state index in [1.54, 1.807) is 0 Å². The van der Waals surface area contributed by atoms with E-state index in [4.69, 9.17) is 14.2 Å². The van der Waals surface area contributed by atoms with Crippen molar-refractivity contribution in [2.45, 2.75) is 59.3 Å². The number of ketones is 1. The van der Waals surface area contributed by atoms with Crippen molar-refractivity contribution in [3.63, 3.8) is 0 Å². The molecule has 1 aliphatic carbocycles. The number of dihydropyridines is 1. The van der Waals surface area contributed by atoms with Crippen LogP contribution in [0.3, 0.4) is 0 Å². The lowest BCUT2D eigenvalue weighted by atomic mass is 9.69. The van der Waals surface area contributed by atoms with E-state index in [1.165, 1.54) is 7.11 Å². The SMILES string of the molecule is CCCCOc1ccccc1[C@@H]1C(C(=O)OCCC)=C(C)NC2=C1C(=O)[C@@H](C(=O)OC)[C@H](C)C2. The Bertz CT molecular complexity index is 1010. The highest BCUT2D eigenvalue weighted by Gasteiger charge is 2.47. The van der Waals surface area contributed by atoms with Crippen LogP contribution in [0.5, 0.6) is 5.75 Å². The van der Waals surface area contributed by atoms with Crippen molar-refractivity contribution >= 4 is 17.7 Å². The predicted octanol–water partition coefficient (Wildman–Crippen LogP) is 4.43. The number of hydrogen-bond acceptors (Lipinski definition) is 7. The molecule has 1 aromatic rings. The summed E-state index contributed by atoms with van der Waals surface area (Å²) in [5.41, 5.74) is 2.86. The third kappa shape index (κ3) is 5.03. The van der Waals surface area contributed by atoms with E-state index in [0.29, 0.717) is 47.6 Å². The third-order valence-electron chi connectivity index (χ3n) is 6.39. The Morgan fingerprint density at radius 3 is 2.53 bits per heavy atom. The van der Waals surface area contributed by atoms with Gasteiger partial charge >= 0.3 is 11.9 Å². The van der Waals surface area contributed by atoms with Crippen molar-refractivity contribution in [1.82, 2.24) is 5.32 Å². The van der Waals surface area contributed by atoms with Crippen LogP contribution in [0.2, 0.25) is 0 Å². The van der Waals surface area contributed by atoms with Gasteiger partial charge in [0.05, 0.1) is 31.8 Å². The fraction of sp³-hybridized carbons (Fsp3) is 0.519. The minimum atomic E-state index is -0.924. The summed E-state index contributed by atoms with van der Waals surface area (Å²) >= 11 is 0. The summed E-state index contributed by atoms with van der Waals surface area (Å²) in [6, 6.07) is 7.46. The van der Waals surface area contributed by atoms with E-state index >= 15 is 0 Å². The van der Waals surface area contributed by atoms with Gasteiger partial charge in [-0.15, -0.1) is 0 Å². The van der Waals surface area contributed by atoms with Crippen LogP contribution in [0.15, 0.2) is 46.8 Å². The van der Waals surface area contributed by atoms with Crippen LogP contribution in [0.25, 0.3) is 0 Å². The molecule has 0 fully saturated rings. The number of esters is 2. The van der Waals surface area contributed by atoms with E-state index in [0.717, 1.165) is 18.5 Å². The fourth-order valence-electron chi connectivity index (χ4n) is 4.71. The lowest BCUT2D eigenvalue weighted by molar-refractivity contribution is -0.151. The monoisotopic (exact) mass is 469 g/mol. The standard InChI is InChI=1S/C27H35NO6/c1-6-8-14-33-20-12-10-9-11-18(20)23-22(27(31)34-13-7-2)17(4)28-19-15-16(3)21(26(30)32-5)25(29)24(19)23/h9-12,16,21,23,28H,6-8,13-15H2,1-5H3/t16-,21+,23-/m1/s1. The Hall–Kier alpha value is -3.09. The zero-order valence-corrected chi connectivity index (χ0v) is 20.7. The number of unbranched alkanes of at least 4 members (excludes halogenated alkanes) is 1. The summed E-state index contributed by atoms with van der Waals surface area (Å²) in [5, 5.41) is 3.28. The molecular formula is C27H35NO6. The Morgan fingerprint density at radius 2 is 1.85 bits per heavy atom. The van der Waals surface area contributed by atoms with Gasteiger partial charge in [-0.3, -0.25) is 9.59 Å². The zero-order valence-electron chi connectivity index (χ0n) is 20.7. The average Bonchev–Trinajstić information content (AvgIpc) is 2.82. The second-order valence-corrected chi connectivity index (χ2v) is 8.91. The third-order valence-corrected chi connectivity index (χ3v) is 6.39. The molecule has 0 radical (unpaired) electrons. The molecule has 3 rings (SSSR count). The van der Waals surface area contributed by atoms with Gasteiger partial charge in [0.2, 0.25) is 0 Å². The summed E-state index contributed by atoms with van der Waals surface area (Å²) in [6.45, 7) is 8.50. The van der Waals surface area contributed by atoms with Crippen LogP contribution in [0.1, 0.15) is 64.9 Å². The van der Waals surface area contributed by atoms with E-state index in [9.17, 15) is 14.4 Å². The van der Waals surface area contributed by atoms with Crippen LogP contribution in [0, 0.1) is 11.8 Å². The van der Waals surface area contributed by atoms with Gasteiger partial charge in [0.1, 0.15) is 11.7 Å². The van der Waals surface area contributed by atoms with Crippen molar-refractivity contribution in [2.75, 3.05) is 20.3 Å². The summed E-state index contributed by atoms with van der Waals surface area (Å²) in [6.07, 6.45) is 3.04. The first-order chi connectivity index (χ1) is 16.3. The number of rotatable bonds is 9. The minimum absolute atomic E-state index is 0.232. The first kappa shape index (κ1) is 25.5. The van der Waals surface area contributed by atoms with Gasteiger partial charge in [0.15, 0.2) is 5.78 Å². The molecule has 0 amide bonds. The molecule has 7 heteroatoms. The first-order valence-corrected chi connectivity index (χ1v) is 12.1. The van der Waals surface area contributed by atoms with Gasteiger partial charge in [0, 0.05) is 22.5 Å². The molecular weight excluding hydrogens is 434 g/mol. The molecule has 0 saturated heterocycles. The van der Waals surface area contributed by atoms with Gasteiger partial charge in [-0.1, -0.05) is 45.4 Å². The van der Waals surface area contributed by atoms with Gasteiger partial charge < -0.3 is 19.5 Å². The van der Waals surface area contributed by atoms with Crippen molar-refractivity contribution in [3.8, 4) is 5.75 Å². The van der Waals surface area contributed by atoms with Gasteiger partial charge in [-0.05, 0) is 38.2 Å². The Labute approximate surface area is 201 Å². The maximum Gasteiger partial charge on any atom is 0.336 e. The molecule has 0 unspecified atom stereocenters. The maximum atomic E-state index is 13.8. The van der Waals surface area contributed by atoms with E-state index in [1.807, 2.05) is 45.0 Å². The normalized spacial score (nSPS) is 22.1. The van der Waals surface area contributed by atoms with Crippen molar-refractivity contribution < 1.29 is 28.6 Å². The van der Waals surface area contributed by atoms with Crippen LogP contribution < -0.4 is 10.1 Å². The molecule has 1 aromatic carbocycles. The molecule has 184 valence electrons. The van der Waals surface area contributed by atoms with E-state index < -0.39 is 23.8 Å². The smallest absolute Gasteiger partial charge is 0.336 e. The summed E-state index contributed by atoms with van der Waals surface area (Å²) in [7, 11) is 1.29. The van der Waals surface area contributed by atoms with Crippen LogP contribution >= 0.6 is 0 Å². The molecule has 1 aliphatic heterocycles. The largest absolute Gasteiger partial charge is 0.493 e. The highest BCUT2D eigenvalue weighted by Crippen LogP contribution is 2.47. The fourth-order valence-corrected chi connectivity index (χ4v) is 4.71. The summed E-state index contributed by atoms with van der Waals surface area (Å²) in [4.78, 5) is 39.6. The lowest BCUT2D eigenvalue weighted by Crippen LogP contribution is -2.43. The second-order valence-electron chi connectivity index (χ2n) is 8.91. The number of hydrogen-bond donors (Lipinski definition) is 1. The Balaban J connectivity index is 2.17. The molecule has 0 bridgehead atoms. The molecule has 0 aromatic heterocycles. The van der Waals surface area contributed by atoms with Crippen molar-refractivity contribution in [3.05, 3.63) is 52.4 Å². The second kappa shape index (κ2) is 11.4. The summed E-state index contributed by atoms with van der Waals surface area (Å²) in [5.74, 6) is -2.61. The number of allylic oxidation sites excluding steroid dienone is 3. The summed E-state index contributed by atoms with van der Waals surface area (Å²) < 4.78 is 16.6. The quantitative estimate of drug-likeness (QED) is 0.325. The van der Waals surface area contributed by atoms with Gasteiger partial charge in [-0.2, -0.15) is 0 Å². The number of para-hydroxylation sites is 1. The number of benzene rings is 1. The molecule has 34 heavy (non-hydrogen) atoms. The van der Waals surface area contributed by atoms with E-state index in [-0.39, 0.29) is 18.3 Å². The number of Topliss-reactive ketones (excluding diaryl/α,β-unsaturated/α-hetero) is 1. The Morgan fingerprint density at radius 1 is 1.12 bits per heavy atom. The maximum absolute atomic E-state index is 13.8. The van der Waals surface area contributed by atoms with Crippen molar-refractivity contribution in [2.24, 2.45) is 11.8 Å². The Kier molecular flexibility index (Phi) is 8.53. The van der Waals surface area contributed by atoms with Gasteiger partial charge in [0.25, 0.3) is 0 Å². The highest BCUT2D eigenvalue weighted by molar-refractivity contribution is 6.12. The number of ether oxygens (including phenoxy) is 3. The molecule has 1 heterocycles. The van der Waals surface area contributed by atoms with E-state index in [2.05, 4.69) is 12.2 Å². The average molecular weight is 470 g/mol. The zero-order chi connectivity index (χ0) is 24.8. The topological polar surface area (TPSA) is 90.9 Å². The number of methoxy groups -OCH3 is 1. The number of carbonyl (C=O) groups excluding carboxylic acids is 3.